The van der Waals surface area contributed by atoms with Crippen molar-refractivity contribution in [1.82, 2.24) is 0 Å². The lowest BCUT2D eigenvalue weighted by atomic mass is 9.47. The van der Waals surface area contributed by atoms with Crippen molar-refractivity contribution in [3.8, 4) is 0 Å². The standard InChI is InChI=1S/C33H58O2Si/c1-22(2)11-16-30(34)23(3)27-14-15-28-26-13-12-24-21-25(35-36(9,10)31(4,5)6)17-19-32(24,7)29(26)18-20-33(27,28)8/h12,14,22-23,25-26,28-30,34H,11,13,15-21H2,1-10H3/t23-,25-,26-,28-,29-,30?,32-,33+/m1/s1. The molecule has 36 heavy (non-hydrogen) atoms. The molecule has 0 aromatic rings. The molecule has 3 heteroatoms. The first-order chi connectivity index (χ1) is 16.6. The maximum atomic E-state index is 11.1. The molecule has 0 aromatic carbocycles. The van der Waals surface area contributed by atoms with Crippen molar-refractivity contribution in [2.45, 2.75) is 144 Å². The minimum atomic E-state index is -1.73. The highest BCUT2D eigenvalue weighted by Crippen LogP contribution is 2.66. The van der Waals surface area contributed by atoms with Gasteiger partial charge in [0, 0.05) is 12.0 Å². The van der Waals surface area contributed by atoms with Gasteiger partial charge < -0.3 is 9.53 Å². The predicted octanol–water partition coefficient (Wildman–Crippen LogP) is 9.31. The Morgan fingerprint density at radius 1 is 0.972 bits per heavy atom. The second-order valence-electron chi connectivity index (χ2n) is 15.7. The van der Waals surface area contributed by atoms with E-state index in [2.05, 4.69) is 80.6 Å². The van der Waals surface area contributed by atoms with Gasteiger partial charge >= 0.3 is 0 Å². The van der Waals surface area contributed by atoms with Crippen LogP contribution in [-0.2, 0) is 4.43 Å². The molecule has 1 unspecified atom stereocenters. The van der Waals surface area contributed by atoms with E-state index in [1.807, 2.05) is 0 Å². The molecule has 0 bridgehead atoms. The van der Waals surface area contributed by atoms with E-state index in [1.54, 1.807) is 11.1 Å². The Morgan fingerprint density at radius 2 is 1.64 bits per heavy atom. The maximum Gasteiger partial charge on any atom is 0.192 e. The zero-order valence-corrected chi connectivity index (χ0v) is 26.4. The Hall–Kier alpha value is -0.383. The van der Waals surface area contributed by atoms with E-state index in [4.69, 9.17) is 4.43 Å². The monoisotopic (exact) mass is 514 g/mol. The maximum absolute atomic E-state index is 11.1. The highest BCUT2D eigenvalue weighted by atomic mass is 28.4. The highest BCUT2D eigenvalue weighted by Gasteiger charge is 2.57. The smallest absolute Gasteiger partial charge is 0.192 e. The molecule has 4 rings (SSSR count). The van der Waals surface area contributed by atoms with Gasteiger partial charge in [-0.3, -0.25) is 0 Å². The summed E-state index contributed by atoms with van der Waals surface area (Å²) >= 11 is 0. The molecule has 4 aliphatic carbocycles. The van der Waals surface area contributed by atoms with Crippen molar-refractivity contribution in [1.29, 1.82) is 0 Å². The molecule has 0 aromatic heterocycles. The van der Waals surface area contributed by atoms with E-state index in [1.165, 1.54) is 38.5 Å². The number of hydrogen-bond donors (Lipinski definition) is 1. The van der Waals surface area contributed by atoms with Gasteiger partial charge in [-0.15, -0.1) is 0 Å². The predicted molar refractivity (Wildman–Crippen MR) is 156 cm³/mol. The van der Waals surface area contributed by atoms with E-state index in [-0.39, 0.29) is 16.6 Å². The molecule has 2 nitrogen and oxygen atoms in total. The van der Waals surface area contributed by atoms with Crippen LogP contribution in [0.5, 0.6) is 0 Å². The van der Waals surface area contributed by atoms with E-state index >= 15 is 0 Å². The van der Waals surface area contributed by atoms with Crippen molar-refractivity contribution < 1.29 is 9.53 Å². The first-order valence-electron chi connectivity index (χ1n) is 15.4. The number of aliphatic hydroxyl groups is 1. The van der Waals surface area contributed by atoms with Crippen LogP contribution in [0, 0.1) is 40.4 Å². The highest BCUT2D eigenvalue weighted by molar-refractivity contribution is 6.74. The molecule has 0 aliphatic heterocycles. The summed E-state index contributed by atoms with van der Waals surface area (Å²) in [6, 6.07) is 0. The minimum Gasteiger partial charge on any atom is -0.414 e. The molecule has 2 saturated carbocycles. The molecule has 0 amide bonds. The summed E-state index contributed by atoms with van der Waals surface area (Å²) in [5.74, 6) is 3.32. The molecule has 206 valence electrons. The van der Waals surface area contributed by atoms with Gasteiger partial charge in [0.15, 0.2) is 8.32 Å². The Balaban J connectivity index is 1.47. The Morgan fingerprint density at radius 3 is 2.28 bits per heavy atom. The van der Waals surface area contributed by atoms with Gasteiger partial charge in [-0.1, -0.05) is 78.7 Å². The quantitative estimate of drug-likeness (QED) is 0.271. The van der Waals surface area contributed by atoms with Crippen LogP contribution in [0.1, 0.15) is 113 Å². The lowest BCUT2D eigenvalue weighted by Crippen LogP contribution is -2.52. The lowest BCUT2D eigenvalue weighted by Gasteiger charge is -2.58. The third-order valence-electron chi connectivity index (χ3n) is 12.1. The number of hydrogen-bond acceptors (Lipinski definition) is 2. The SMILES string of the molecule is CC(C)CCC(O)[C@H](C)C1=CC[C@@H]2[C@H]3CC=C4C[C@H](O[Si](C)(C)C(C)(C)C)CC[C@@]4(C)[C@@H]3CC[C@@]12C. The van der Waals surface area contributed by atoms with Crippen molar-refractivity contribution in [2.75, 3.05) is 0 Å². The van der Waals surface area contributed by atoms with Crippen LogP contribution in [0.15, 0.2) is 23.3 Å². The van der Waals surface area contributed by atoms with Gasteiger partial charge in [0.1, 0.15) is 0 Å². The molecule has 0 spiro atoms. The van der Waals surface area contributed by atoms with Gasteiger partial charge in [0.25, 0.3) is 0 Å². The molecular formula is C33H58O2Si. The molecule has 2 fully saturated rings. The largest absolute Gasteiger partial charge is 0.414 e. The summed E-state index contributed by atoms with van der Waals surface area (Å²) in [5, 5.41) is 11.3. The van der Waals surface area contributed by atoms with Crippen LogP contribution in [0.25, 0.3) is 0 Å². The van der Waals surface area contributed by atoms with Crippen LogP contribution >= 0.6 is 0 Å². The topological polar surface area (TPSA) is 29.5 Å². The zero-order valence-electron chi connectivity index (χ0n) is 25.4. The third kappa shape index (κ3) is 4.99. The number of rotatable bonds is 7. The molecular weight excluding hydrogens is 456 g/mol. The number of allylic oxidation sites excluding steroid dienone is 2. The van der Waals surface area contributed by atoms with Crippen LogP contribution in [0.4, 0.5) is 0 Å². The Bertz CT molecular complexity index is 863. The molecule has 1 N–H and O–H groups in total. The fourth-order valence-corrected chi connectivity index (χ4v) is 9.98. The Labute approximate surface area is 224 Å². The summed E-state index contributed by atoms with van der Waals surface area (Å²) in [5.41, 5.74) is 3.96. The van der Waals surface area contributed by atoms with Crippen LogP contribution in [-0.4, -0.2) is 25.6 Å². The molecule has 8 atom stereocenters. The average Bonchev–Trinajstić information content (AvgIpc) is 3.13. The van der Waals surface area contributed by atoms with E-state index in [0.717, 1.165) is 37.0 Å². The summed E-state index contributed by atoms with van der Waals surface area (Å²) in [7, 11) is -1.73. The van der Waals surface area contributed by atoms with E-state index in [0.29, 0.717) is 23.4 Å². The fourth-order valence-electron chi connectivity index (χ4n) is 8.59. The summed E-state index contributed by atoms with van der Waals surface area (Å²) in [4.78, 5) is 0. The summed E-state index contributed by atoms with van der Waals surface area (Å²) < 4.78 is 6.92. The second kappa shape index (κ2) is 9.98. The van der Waals surface area contributed by atoms with Gasteiger partial charge in [0.2, 0.25) is 0 Å². The van der Waals surface area contributed by atoms with Crippen molar-refractivity contribution in [2.24, 2.45) is 40.4 Å². The van der Waals surface area contributed by atoms with Gasteiger partial charge in [-0.05, 0) is 110 Å². The molecule has 0 saturated heterocycles. The summed E-state index contributed by atoms with van der Waals surface area (Å²) in [6.07, 6.45) is 16.4. The van der Waals surface area contributed by atoms with Crippen molar-refractivity contribution in [3.63, 3.8) is 0 Å². The van der Waals surface area contributed by atoms with Crippen molar-refractivity contribution >= 4 is 8.32 Å². The lowest BCUT2D eigenvalue weighted by molar-refractivity contribution is -0.0331. The number of fused-ring (bicyclic) bond motifs is 5. The van der Waals surface area contributed by atoms with Gasteiger partial charge in [-0.2, -0.15) is 0 Å². The molecule has 0 radical (unpaired) electrons. The zero-order chi connectivity index (χ0) is 26.7. The van der Waals surface area contributed by atoms with Crippen LogP contribution in [0.3, 0.4) is 0 Å². The van der Waals surface area contributed by atoms with Crippen molar-refractivity contribution in [3.05, 3.63) is 23.3 Å². The van der Waals surface area contributed by atoms with Gasteiger partial charge in [0.05, 0.1) is 6.10 Å². The first-order valence-corrected chi connectivity index (χ1v) is 18.3. The van der Waals surface area contributed by atoms with E-state index in [9.17, 15) is 5.11 Å². The average molecular weight is 515 g/mol. The first kappa shape index (κ1) is 28.6. The summed E-state index contributed by atoms with van der Waals surface area (Å²) in [6.45, 7) is 23.9. The van der Waals surface area contributed by atoms with Gasteiger partial charge in [-0.25, -0.2) is 0 Å². The van der Waals surface area contributed by atoms with E-state index < -0.39 is 8.32 Å². The normalized spacial score (nSPS) is 38.6. The fraction of sp³-hybridized carbons (Fsp3) is 0.879. The minimum absolute atomic E-state index is 0.196. The second-order valence-corrected chi connectivity index (χ2v) is 20.4. The Kier molecular flexibility index (Phi) is 7.93. The van der Waals surface area contributed by atoms with Crippen LogP contribution < -0.4 is 0 Å². The number of aliphatic hydroxyl groups excluding tert-OH is 1. The molecule has 0 heterocycles. The molecule has 4 aliphatic rings. The van der Waals surface area contributed by atoms with Crippen LogP contribution in [0.2, 0.25) is 18.1 Å². The third-order valence-corrected chi connectivity index (χ3v) is 16.6.